The summed E-state index contributed by atoms with van der Waals surface area (Å²) in [4.78, 5) is 24.6. The van der Waals surface area contributed by atoms with Crippen LogP contribution >= 0.6 is 46.4 Å². The third kappa shape index (κ3) is 8.70. The molecule has 0 bridgehead atoms. The Morgan fingerprint density at radius 2 is 1.49 bits per heavy atom. The van der Waals surface area contributed by atoms with Crippen LogP contribution in [0.3, 0.4) is 0 Å². The van der Waals surface area contributed by atoms with Crippen molar-refractivity contribution in [2.75, 3.05) is 6.54 Å². The number of hydrogen-bond acceptors (Lipinski definition) is 2. The first-order valence-electron chi connectivity index (χ1n) is 10.2. The van der Waals surface area contributed by atoms with Crippen molar-refractivity contribution < 1.29 is 35.9 Å². The highest BCUT2D eigenvalue weighted by molar-refractivity contribution is 6.48. The van der Waals surface area contributed by atoms with Crippen LogP contribution in [0.4, 0.5) is 26.3 Å². The smallest absolute Gasteiger partial charge is 0.345 e. The molecule has 14 heteroatoms. The van der Waals surface area contributed by atoms with E-state index in [-0.39, 0.29) is 36.8 Å². The lowest BCUT2D eigenvalue weighted by atomic mass is 9.97. The maximum absolute atomic E-state index is 13.7. The summed E-state index contributed by atoms with van der Waals surface area (Å²) in [5.41, 5.74) is -1.94. The summed E-state index contributed by atoms with van der Waals surface area (Å²) in [5.74, 6) is -4.07. The first-order chi connectivity index (χ1) is 16.8. The Bertz CT molecular complexity index is 1190. The quantitative estimate of drug-likeness (QED) is 0.248. The van der Waals surface area contributed by atoms with Crippen molar-refractivity contribution in [3.8, 4) is 0 Å². The number of carbonyl (C=O) groups is 2. The van der Waals surface area contributed by atoms with Gasteiger partial charge in [-0.1, -0.05) is 64.6 Å². The van der Waals surface area contributed by atoms with Crippen LogP contribution < -0.4 is 10.6 Å². The van der Waals surface area contributed by atoms with E-state index in [0.717, 1.165) is 24.3 Å². The molecular weight excluding hydrogens is 592 g/mol. The fourth-order valence-electron chi connectivity index (χ4n) is 3.00. The second-order valence-electron chi connectivity index (χ2n) is 8.29. The molecule has 2 rings (SSSR count). The Morgan fingerprint density at radius 1 is 0.919 bits per heavy atom. The largest absolute Gasteiger partial charge is 0.405 e. The predicted molar refractivity (Wildman–Crippen MR) is 131 cm³/mol. The molecule has 0 spiro atoms. The van der Waals surface area contributed by atoms with Gasteiger partial charge in [-0.15, -0.1) is 0 Å². The van der Waals surface area contributed by atoms with Crippen LogP contribution in [0.25, 0.3) is 6.08 Å². The molecule has 1 atom stereocenters. The Hall–Kier alpha value is -2.14. The standard InChI is InChI=1S/C23H18Cl4F6N2O2/c1-21(2,20(37)34-10-22(28,29)30)35-19(36)13-5-3-11(7-15(13)24)4-6-14(23(31,32)33)12-8-16(25)18(27)17(26)9-12/h3-9,14H,10H2,1-2H3,(H,34,37)(H,35,36)/b6-4+. The van der Waals surface area contributed by atoms with Gasteiger partial charge in [-0.3, -0.25) is 9.59 Å². The molecule has 2 aromatic carbocycles. The summed E-state index contributed by atoms with van der Waals surface area (Å²) in [7, 11) is 0. The highest BCUT2D eigenvalue weighted by Crippen LogP contribution is 2.41. The minimum Gasteiger partial charge on any atom is -0.345 e. The second-order valence-corrected chi connectivity index (χ2v) is 9.89. The van der Waals surface area contributed by atoms with Gasteiger partial charge in [-0.05, 0) is 49.2 Å². The number of benzene rings is 2. The van der Waals surface area contributed by atoms with Crippen molar-refractivity contribution in [2.24, 2.45) is 0 Å². The SMILES string of the molecule is CC(C)(NC(=O)c1ccc(/C=C/C(c2cc(Cl)c(Cl)c(Cl)c2)C(F)(F)F)cc1Cl)C(=O)NCC(F)(F)F. The third-order valence-corrected chi connectivity index (χ3v) is 6.39. The molecule has 0 saturated heterocycles. The molecule has 2 amide bonds. The number of carbonyl (C=O) groups excluding carboxylic acids is 2. The average Bonchev–Trinajstić information content (AvgIpc) is 2.74. The van der Waals surface area contributed by atoms with Gasteiger partial charge in [0.15, 0.2) is 0 Å². The highest BCUT2D eigenvalue weighted by Gasteiger charge is 2.39. The molecule has 2 aromatic rings. The zero-order valence-corrected chi connectivity index (χ0v) is 21.9. The molecule has 0 saturated carbocycles. The number of rotatable bonds is 7. The van der Waals surface area contributed by atoms with E-state index in [9.17, 15) is 35.9 Å². The monoisotopic (exact) mass is 608 g/mol. The van der Waals surface area contributed by atoms with Gasteiger partial charge < -0.3 is 10.6 Å². The lowest BCUT2D eigenvalue weighted by Crippen LogP contribution is -2.56. The number of hydrogen-bond donors (Lipinski definition) is 2. The molecule has 2 N–H and O–H groups in total. The lowest BCUT2D eigenvalue weighted by molar-refractivity contribution is -0.141. The van der Waals surface area contributed by atoms with Gasteiger partial charge in [0, 0.05) is 0 Å². The maximum atomic E-state index is 13.7. The van der Waals surface area contributed by atoms with Gasteiger partial charge in [0.1, 0.15) is 12.1 Å². The Labute approximate surface area is 227 Å². The number of halogens is 10. The molecule has 202 valence electrons. The van der Waals surface area contributed by atoms with Gasteiger partial charge in [0.2, 0.25) is 5.91 Å². The predicted octanol–water partition coefficient (Wildman–Crippen LogP) is 7.85. The summed E-state index contributed by atoms with van der Waals surface area (Å²) in [6.45, 7) is 0.794. The van der Waals surface area contributed by atoms with Gasteiger partial charge in [-0.2, -0.15) is 26.3 Å². The average molecular weight is 610 g/mol. The summed E-state index contributed by atoms with van der Waals surface area (Å²) in [6.07, 6.45) is -7.38. The Balaban J connectivity index is 2.24. The zero-order chi connectivity index (χ0) is 28.3. The van der Waals surface area contributed by atoms with Crippen LogP contribution in [-0.2, 0) is 4.79 Å². The molecule has 0 aliphatic rings. The highest BCUT2D eigenvalue weighted by atomic mass is 35.5. The Kier molecular flexibility index (Phi) is 9.84. The van der Waals surface area contributed by atoms with Crippen LogP contribution in [0.1, 0.15) is 41.3 Å². The summed E-state index contributed by atoms with van der Waals surface area (Å²) in [6, 6.07) is 5.79. The fourth-order valence-corrected chi connectivity index (χ4v) is 3.89. The lowest BCUT2D eigenvalue weighted by Gasteiger charge is -2.25. The van der Waals surface area contributed by atoms with E-state index >= 15 is 0 Å². The molecule has 37 heavy (non-hydrogen) atoms. The van der Waals surface area contributed by atoms with Crippen LogP contribution in [-0.4, -0.2) is 36.3 Å². The molecule has 0 aromatic heterocycles. The van der Waals surface area contributed by atoms with Crippen LogP contribution in [0, 0.1) is 0 Å². The topological polar surface area (TPSA) is 58.2 Å². The summed E-state index contributed by atoms with van der Waals surface area (Å²) in [5, 5.41) is 3.38. The molecule has 1 unspecified atom stereocenters. The minimum absolute atomic E-state index is 0.0846. The normalized spacial score (nSPS) is 13.5. The molecule has 4 nitrogen and oxygen atoms in total. The van der Waals surface area contributed by atoms with Gasteiger partial charge >= 0.3 is 12.4 Å². The van der Waals surface area contributed by atoms with E-state index in [4.69, 9.17) is 46.4 Å². The second kappa shape index (κ2) is 11.7. The van der Waals surface area contributed by atoms with E-state index in [1.165, 1.54) is 32.0 Å². The van der Waals surface area contributed by atoms with Crippen molar-refractivity contribution in [1.29, 1.82) is 0 Å². The number of amides is 2. The summed E-state index contributed by atoms with van der Waals surface area (Å²) < 4.78 is 78.2. The van der Waals surface area contributed by atoms with Crippen molar-refractivity contribution in [2.45, 2.75) is 37.7 Å². The van der Waals surface area contributed by atoms with Crippen molar-refractivity contribution >= 4 is 64.3 Å². The molecule has 0 heterocycles. The van der Waals surface area contributed by atoms with Crippen LogP contribution in [0.15, 0.2) is 36.4 Å². The van der Waals surface area contributed by atoms with Crippen molar-refractivity contribution in [1.82, 2.24) is 10.6 Å². The molecule has 0 aliphatic heterocycles. The van der Waals surface area contributed by atoms with Gasteiger partial charge in [-0.25, -0.2) is 0 Å². The first-order valence-corrected chi connectivity index (χ1v) is 11.7. The third-order valence-electron chi connectivity index (χ3n) is 4.88. The van der Waals surface area contributed by atoms with Gasteiger partial charge in [0.25, 0.3) is 5.91 Å². The van der Waals surface area contributed by atoms with Crippen LogP contribution in [0.2, 0.25) is 20.1 Å². The van der Waals surface area contributed by atoms with Gasteiger partial charge in [0.05, 0.1) is 31.6 Å². The molecule has 0 aliphatic carbocycles. The van der Waals surface area contributed by atoms with Crippen molar-refractivity contribution in [3.63, 3.8) is 0 Å². The van der Waals surface area contributed by atoms with Crippen molar-refractivity contribution in [3.05, 3.63) is 73.2 Å². The van der Waals surface area contributed by atoms with E-state index in [0.29, 0.717) is 0 Å². The van der Waals surface area contributed by atoms with E-state index in [1.54, 1.807) is 5.32 Å². The molecule has 0 radical (unpaired) electrons. The Morgan fingerprint density at radius 3 is 1.97 bits per heavy atom. The number of nitrogens with one attached hydrogen (secondary N) is 2. The van der Waals surface area contributed by atoms with E-state index in [2.05, 4.69) is 5.32 Å². The summed E-state index contributed by atoms with van der Waals surface area (Å²) >= 11 is 23.7. The number of alkyl halides is 6. The fraction of sp³-hybridized carbons (Fsp3) is 0.304. The minimum atomic E-state index is -4.71. The van der Waals surface area contributed by atoms with E-state index < -0.39 is 42.2 Å². The van der Waals surface area contributed by atoms with Crippen LogP contribution in [0.5, 0.6) is 0 Å². The van der Waals surface area contributed by atoms with E-state index in [1.807, 2.05) is 0 Å². The zero-order valence-electron chi connectivity index (χ0n) is 18.9. The molecule has 0 fully saturated rings. The first kappa shape index (κ1) is 31.1. The molecular formula is C23H18Cl4F6N2O2. The maximum Gasteiger partial charge on any atom is 0.405 e. The number of allylic oxidation sites excluding steroid dienone is 1.